The van der Waals surface area contributed by atoms with Crippen molar-refractivity contribution in [1.29, 1.82) is 0 Å². The molecule has 0 radical (unpaired) electrons. The molecule has 1 aliphatic carbocycles. The van der Waals surface area contributed by atoms with Crippen molar-refractivity contribution < 1.29 is 12.6 Å². The molecule has 0 atom stereocenters. The number of hydrogen-bond acceptors (Lipinski definition) is 3. The van der Waals surface area contributed by atoms with Crippen molar-refractivity contribution in [3.8, 4) is 0 Å². The molecule has 0 spiro atoms. The second-order valence-electron chi connectivity index (χ2n) is 4.66. The number of rotatable bonds is 2. The van der Waals surface area contributed by atoms with Crippen molar-refractivity contribution in [3.05, 3.63) is 0 Å². The van der Waals surface area contributed by atoms with Crippen molar-refractivity contribution in [2.45, 2.75) is 45.6 Å². The van der Waals surface area contributed by atoms with Gasteiger partial charge in [-0.3, -0.25) is 4.18 Å². The Hall–Kier alpha value is -0.0900. The van der Waals surface area contributed by atoms with Gasteiger partial charge in [-0.05, 0) is 31.1 Å². The summed E-state index contributed by atoms with van der Waals surface area (Å²) in [4.78, 5) is 0. The van der Waals surface area contributed by atoms with E-state index < -0.39 is 10.1 Å². The van der Waals surface area contributed by atoms with Crippen molar-refractivity contribution >= 4 is 10.1 Å². The summed E-state index contributed by atoms with van der Waals surface area (Å²) in [5.74, 6) is 0. The standard InChI is InChI=1S/C9H18O3S/c1-9(2)6-4-8(5-7-9)12-13(3,10)11/h8H,4-7H2,1-3H3. The first-order valence-electron chi connectivity index (χ1n) is 4.67. The molecule has 0 aromatic carbocycles. The fourth-order valence-electron chi connectivity index (χ4n) is 1.72. The van der Waals surface area contributed by atoms with Crippen molar-refractivity contribution in [3.63, 3.8) is 0 Å². The summed E-state index contributed by atoms with van der Waals surface area (Å²) in [6.07, 6.45) is 4.86. The van der Waals surface area contributed by atoms with E-state index in [9.17, 15) is 8.42 Å². The molecule has 13 heavy (non-hydrogen) atoms. The van der Waals surface area contributed by atoms with E-state index >= 15 is 0 Å². The van der Waals surface area contributed by atoms with Crippen molar-refractivity contribution in [1.82, 2.24) is 0 Å². The maximum Gasteiger partial charge on any atom is 0.264 e. The van der Waals surface area contributed by atoms with Gasteiger partial charge in [0.15, 0.2) is 0 Å². The van der Waals surface area contributed by atoms with E-state index in [1.807, 2.05) is 0 Å². The predicted octanol–water partition coefficient (Wildman–Crippen LogP) is 1.93. The van der Waals surface area contributed by atoms with Crippen LogP contribution in [0.15, 0.2) is 0 Å². The Kier molecular flexibility index (Phi) is 3.02. The molecular weight excluding hydrogens is 188 g/mol. The van der Waals surface area contributed by atoms with Crippen molar-refractivity contribution in [2.24, 2.45) is 5.41 Å². The lowest BCUT2D eigenvalue weighted by Gasteiger charge is -2.33. The van der Waals surface area contributed by atoms with E-state index in [4.69, 9.17) is 4.18 Å². The normalized spacial score (nSPS) is 24.5. The van der Waals surface area contributed by atoms with Crippen LogP contribution in [0.3, 0.4) is 0 Å². The van der Waals surface area contributed by atoms with Gasteiger partial charge >= 0.3 is 0 Å². The van der Waals surface area contributed by atoms with E-state index in [-0.39, 0.29) is 6.10 Å². The first kappa shape index (κ1) is 11.0. The summed E-state index contributed by atoms with van der Waals surface area (Å²) >= 11 is 0. The second kappa shape index (κ2) is 3.58. The van der Waals surface area contributed by atoms with Crippen LogP contribution in [0.5, 0.6) is 0 Å². The fourth-order valence-corrected chi connectivity index (χ4v) is 2.40. The Labute approximate surface area is 80.6 Å². The first-order valence-corrected chi connectivity index (χ1v) is 6.48. The summed E-state index contributed by atoms with van der Waals surface area (Å²) in [5, 5.41) is 0. The van der Waals surface area contributed by atoms with Crippen LogP contribution in [-0.2, 0) is 14.3 Å². The van der Waals surface area contributed by atoms with E-state index in [0.717, 1.165) is 31.9 Å². The second-order valence-corrected chi connectivity index (χ2v) is 6.26. The van der Waals surface area contributed by atoms with Crippen LogP contribution in [-0.4, -0.2) is 20.8 Å². The van der Waals surface area contributed by atoms with Crippen LogP contribution in [0.4, 0.5) is 0 Å². The van der Waals surface area contributed by atoms with E-state index in [1.165, 1.54) is 0 Å². The summed E-state index contributed by atoms with van der Waals surface area (Å²) in [6.45, 7) is 4.42. The summed E-state index contributed by atoms with van der Waals surface area (Å²) < 4.78 is 26.6. The third-order valence-corrected chi connectivity index (χ3v) is 3.22. The third kappa shape index (κ3) is 4.09. The SMILES string of the molecule is CC1(C)CCC(OS(C)(=O)=O)CC1. The zero-order valence-electron chi connectivity index (χ0n) is 8.54. The molecule has 1 fully saturated rings. The highest BCUT2D eigenvalue weighted by molar-refractivity contribution is 7.86. The Bertz CT molecular complexity index is 257. The summed E-state index contributed by atoms with van der Waals surface area (Å²) in [7, 11) is -3.26. The Morgan fingerprint density at radius 2 is 1.69 bits per heavy atom. The molecule has 0 unspecified atom stereocenters. The minimum atomic E-state index is -3.26. The largest absolute Gasteiger partial charge is 0.267 e. The Morgan fingerprint density at radius 1 is 1.23 bits per heavy atom. The Balaban J connectivity index is 2.43. The minimum Gasteiger partial charge on any atom is -0.267 e. The van der Waals surface area contributed by atoms with Crippen LogP contribution in [0.1, 0.15) is 39.5 Å². The number of hydrogen-bond donors (Lipinski definition) is 0. The molecular formula is C9H18O3S. The molecule has 0 amide bonds. The van der Waals surface area contributed by atoms with Gasteiger partial charge in [-0.25, -0.2) is 0 Å². The van der Waals surface area contributed by atoms with Gasteiger partial charge in [0.25, 0.3) is 10.1 Å². The van der Waals surface area contributed by atoms with E-state index in [2.05, 4.69) is 13.8 Å². The van der Waals surface area contributed by atoms with Crippen LogP contribution >= 0.6 is 0 Å². The zero-order chi connectivity index (χ0) is 10.1. The average Bonchev–Trinajstić information content (AvgIpc) is 1.91. The highest BCUT2D eigenvalue weighted by atomic mass is 32.2. The van der Waals surface area contributed by atoms with Crippen LogP contribution in [0, 0.1) is 5.41 Å². The molecule has 0 aromatic heterocycles. The van der Waals surface area contributed by atoms with Crippen molar-refractivity contribution in [2.75, 3.05) is 6.26 Å². The van der Waals surface area contributed by atoms with Gasteiger partial charge in [-0.2, -0.15) is 8.42 Å². The van der Waals surface area contributed by atoms with Gasteiger partial charge in [-0.1, -0.05) is 13.8 Å². The fraction of sp³-hybridized carbons (Fsp3) is 1.00. The quantitative estimate of drug-likeness (QED) is 0.648. The molecule has 4 heteroatoms. The molecule has 3 nitrogen and oxygen atoms in total. The highest BCUT2D eigenvalue weighted by Gasteiger charge is 2.28. The zero-order valence-corrected chi connectivity index (χ0v) is 9.36. The van der Waals surface area contributed by atoms with Gasteiger partial charge in [-0.15, -0.1) is 0 Å². The minimum absolute atomic E-state index is 0.0805. The molecule has 0 aromatic rings. The molecule has 0 aliphatic heterocycles. The topological polar surface area (TPSA) is 43.4 Å². The summed E-state index contributed by atoms with van der Waals surface area (Å²) in [6, 6.07) is 0. The van der Waals surface area contributed by atoms with E-state index in [0.29, 0.717) is 5.41 Å². The monoisotopic (exact) mass is 206 g/mol. The maximum absolute atomic E-state index is 10.8. The molecule has 1 saturated carbocycles. The average molecular weight is 206 g/mol. The molecule has 1 aliphatic rings. The molecule has 78 valence electrons. The molecule has 1 rings (SSSR count). The first-order chi connectivity index (χ1) is 5.79. The molecule has 0 heterocycles. The summed E-state index contributed by atoms with van der Waals surface area (Å²) in [5.41, 5.74) is 0.358. The van der Waals surface area contributed by atoms with Gasteiger partial charge in [0, 0.05) is 0 Å². The lowest BCUT2D eigenvalue weighted by Crippen LogP contribution is -2.28. The molecule has 0 saturated heterocycles. The molecule has 0 bridgehead atoms. The van der Waals surface area contributed by atoms with Crippen LogP contribution in [0.25, 0.3) is 0 Å². The predicted molar refractivity (Wildman–Crippen MR) is 52.0 cm³/mol. The maximum atomic E-state index is 10.8. The Morgan fingerprint density at radius 3 is 2.08 bits per heavy atom. The van der Waals surface area contributed by atoms with Crippen LogP contribution in [0.2, 0.25) is 0 Å². The third-order valence-electron chi connectivity index (χ3n) is 2.60. The molecule has 0 N–H and O–H groups in total. The van der Waals surface area contributed by atoms with Gasteiger partial charge in [0.05, 0.1) is 12.4 Å². The van der Waals surface area contributed by atoms with Gasteiger partial charge in [0.1, 0.15) is 0 Å². The van der Waals surface area contributed by atoms with Crippen LogP contribution < -0.4 is 0 Å². The lowest BCUT2D eigenvalue weighted by molar-refractivity contribution is 0.105. The highest BCUT2D eigenvalue weighted by Crippen LogP contribution is 2.36. The van der Waals surface area contributed by atoms with Gasteiger partial charge < -0.3 is 0 Å². The van der Waals surface area contributed by atoms with Gasteiger partial charge in [0.2, 0.25) is 0 Å². The lowest BCUT2D eigenvalue weighted by atomic mass is 9.76. The van der Waals surface area contributed by atoms with E-state index in [1.54, 1.807) is 0 Å². The smallest absolute Gasteiger partial charge is 0.264 e.